The van der Waals surface area contributed by atoms with Gasteiger partial charge in [-0.2, -0.15) is 0 Å². The van der Waals surface area contributed by atoms with Gasteiger partial charge in [0, 0.05) is 12.5 Å². The van der Waals surface area contributed by atoms with E-state index in [4.69, 9.17) is 5.11 Å². The van der Waals surface area contributed by atoms with Crippen molar-refractivity contribution in [1.82, 2.24) is 25.5 Å². The summed E-state index contributed by atoms with van der Waals surface area (Å²) >= 11 is 0. The molecule has 0 aromatic carbocycles. The standard InChI is InChI=1S/C11H17N5O3/c17-10(12-8-3-1-2-4-8)7-16-9(13-14-15-16)5-6-11(18)19/h8H,1-7H2,(H,12,17)(H,18,19). The molecule has 104 valence electrons. The van der Waals surface area contributed by atoms with Crippen LogP contribution in [0, 0.1) is 0 Å². The first-order valence-electron chi connectivity index (χ1n) is 6.41. The largest absolute Gasteiger partial charge is 0.481 e. The van der Waals surface area contributed by atoms with Crippen molar-refractivity contribution in [3.8, 4) is 0 Å². The van der Waals surface area contributed by atoms with Crippen LogP contribution in [0.5, 0.6) is 0 Å². The molecule has 0 spiro atoms. The summed E-state index contributed by atoms with van der Waals surface area (Å²) in [5.74, 6) is -0.621. The molecule has 1 fully saturated rings. The maximum atomic E-state index is 11.8. The van der Waals surface area contributed by atoms with Crippen LogP contribution in [0.3, 0.4) is 0 Å². The number of nitrogens with zero attached hydrogens (tertiary/aromatic N) is 4. The highest BCUT2D eigenvalue weighted by Gasteiger charge is 2.18. The van der Waals surface area contributed by atoms with Gasteiger partial charge < -0.3 is 10.4 Å². The quantitative estimate of drug-likeness (QED) is 0.735. The number of carboxylic acid groups (broad SMARTS) is 1. The van der Waals surface area contributed by atoms with Crippen molar-refractivity contribution in [3.05, 3.63) is 5.82 Å². The Balaban J connectivity index is 1.85. The highest BCUT2D eigenvalue weighted by Crippen LogP contribution is 2.17. The second-order valence-electron chi connectivity index (χ2n) is 4.70. The third-order valence-corrected chi connectivity index (χ3v) is 3.18. The van der Waals surface area contributed by atoms with Crippen molar-refractivity contribution in [1.29, 1.82) is 0 Å². The van der Waals surface area contributed by atoms with Crippen LogP contribution in [0.4, 0.5) is 0 Å². The van der Waals surface area contributed by atoms with E-state index in [1.165, 1.54) is 4.68 Å². The van der Waals surface area contributed by atoms with E-state index < -0.39 is 5.97 Å². The molecular weight excluding hydrogens is 250 g/mol. The van der Waals surface area contributed by atoms with Gasteiger partial charge >= 0.3 is 5.97 Å². The fraction of sp³-hybridized carbons (Fsp3) is 0.727. The van der Waals surface area contributed by atoms with E-state index in [1.807, 2.05) is 0 Å². The third-order valence-electron chi connectivity index (χ3n) is 3.18. The van der Waals surface area contributed by atoms with Gasteiger partial charge in [0.2, 0.25) is 5.91 Å². The number of carboxylic acids is 1. The fourth-order valence-electron chi connectivity index (χ4n) is 2.22. The van der Waals surface area contributed by atoms with Crippen molar-refractivity contribution < 1.29 is 14.7 Å². The van der Waals surface area contributed by atoms with Crippen LogP contribution in [0.25, 0.3) is 0 Å². The second kappa shape index (κ2) is 6.26. The number of hydrogen-bond acceptors (Lipinski definition) is 5. The van der Waals surface area contributed by atoms with Crippen LogP contribution in [0.1, 0.15) is 37.9 Å². The predicted molar refractivity (Wildman–Crippen MR) is 64.2 cm³/mol. The maximum absolute atomic E-state index is 11.8. The number of hydrogen-bond donors (Lipinski definition) is 2. The Morgan fingerprint density at radius 3 is 2.79 bits per heavy atom. The summed E-state index contributed by atoms with van der Waals surface area (Å²) in [6.45, 7) is 0.0401. The Kier molecular flexibility index (Phi) is 4.43. The molecule has 1 aliphatic carbocycles. The SMILES string of the molecule is O=C(O)CCc1nnnn1CC(=O)NC1CCCC1. The molecule has 8 heteroatoms. The number of aromatic nitrogens is 4. The van der Waals surface area contributed by atoms with Gasteiger partial charge in [-0.3, -0.25) is 9.59 Å². The van der Waals surface area contributed by atoms with E-state index in [0.29, 0.717) is 5.82 Å². The van der Waals surface area contributed by atoms with Crippen molar-refractivity contribution in [2.75, 3.05) is 0 Å². The third kappa shape index (κ3) is 4.01. The summed E-state index contributed by atoms with van der Waals surface area (Å²) < 4.78 is 1.35. The average molecular weight is 267 g/mol. The molecule has 8 nitrogen and oxygen atoms in total. The molecule has 2 N–H and O–H groups in total. The first-order valence-corrected chi connectivity index (χ1v) is 6.41. The minimum atomic E-state index is -0.912. The van der Waals surface area contributed by atoms with E-state index in [1.54, 1.807) is 0 Å². The molecule has 0 unspecified atom stereocenters. The first-order chi connectivity index (χ1) is 9.15. The van der Waals surface area contributed by atoms with Gasteiger partial charge in [-0.1, -0.05) is 12.8 Å². The molecular formula is C11H17N5O3. The van der Waals surface area contributed by atoms with Crippen molar-refractivity contribution in [2.24, 2.45) is 0 Å². The van der Waals surface area contributed by atoms with Crippen LogP contribution < -0.4 is 5.32 Å². The summed E-state index contributed by atoms with van der Waals surface area (Å²) in [4.78, 5) is 22.3. The van der Waals surface area contributed by atoms with Crippen molar-refractivity contribution in [2.45, 2.75) is 51.1 Å². The molecule has 0 aliphatic heterocycles. The van der Waals surface area contributed by atoms with Crippen LogP contribution >= 0.6 is 0 Å². The second-order valence-corrected chi connectivity index (χ2v) is 4.70. The summed E-state index contributed by atoms with van der Waals surface area (Å²) in [6.07, 6.45) is 4.52. The Bertz CT molecular complexity index is 453. The molecule has 1 saturated carbocycles. The molecule has 2 rings (SSSR count). The number of carbonyl (C=O) groups excluding carboxylic acids is 1. The molecule has 0 saturated heterocycles. The molecule has 1 aromatic rings. The van der Waals surface area contributed by atoms with Gasteiger partial charge in [0.05, 0.1) is 6.42 Å². The van der Waals surface area contributed by atoms with Gasteiger partial charge in [-0.25, -0.2) is 4.68 Å². The maximum Gasteiger partial charge on any atom is 0.303 e. The van der Waals surface area contributed by atoms with Gasteiger partial charge in [-0.15, -0.1) is 5.10 Å². The van der Waals surface area contributed by atoms with Crippen LogP contribution in [0.2, 0.25) is 0 Å². The van der Waals surface area contributed by atoms with Gasteiger partial charge in [-0.05, 0) is 23.3 Å². The summed E-state index contributed by atoms with van der Waals surface area (Å²) in [7, 11) is 0. The van der Waals surface area contributed by atoms with Gasteiger partial charge in [0.25, 0.3) is 0 Å². The average Bonchev–Trinajstić information content (AvgIpc) is 2.98. The number of aryl methyl sites for hydroxylation is 1. The molecule has 0 atom stereocenters. The lowest BCUT2D eigenvalue weighted by atomic mass is 10.2. The topological polar surface area (TPSA) is 110 Å². The van der Waals surface area contributed by atoms with Crippen molar-refractivity contribution in [3.63, 3.8) is 0 Å². The van der Waals surface area contributed by atoms with Gasteiger partial charge in [0.15, 0.2) is 5.82 Å². The molecule has 0 radical (unpaired) electrons. The predicted octanol–water partition coefficient (Wildman–Crippen LogP) is -0.251. The zero-order valence-electron chi connectivity index (χ0n) is 10.6. The number of nitrogens with one attached hydrogen (secondary N) is 1. The minimum Gasteiger partial charge on any atom is -0.481 e. The number of carbonyl (C=O) groups is 2. The van der Waals surface area contributed by atoms with E-state index >= 15 is 0 Å². The zero-order valence-corrected chi connectivity index (χ0v) is 10.6. The Morgan fingerprint density at radius 2 is 2.11 bits per heavy atom. The molecule has 0 bridgehead atoms. The molecule has 1 amide bonds. The van der Waals surface area contributed by atoms with Crippen LogP contribution in [-0.2, 0) is 22.6 Å². The number of aliphatic carboxylic acids is 1. The Hall–Kier alpha value is -1.99. The lowest BCUT2D eigenvalue weighted by Crippen LogP contribution is -2.35. The number of tetrazole rings is 1. The normalized spacial score (nSPS) is 15.6. The zero-order chi connectivity index (χ0) is 13.7. The summed E-state index contributed by atoms with van der Waals surface area (Å²) in [5.41, 5.74) is 0. The highest BCUT2D eigenvalue weighted by molar-refractivity contribution is 5.76. The lowest BCUT2D eigenvalue weighted by molar-refractivity contribution is -0.137. The molecule has 19 heavy (non-hydrogen) atoms. The summed E-state index contributed by atoms with van der Waals surface area (Å²) in [6, 6.07) is 0.256. The fourth-order valence-corrected chi connectivity index (χ4v) is 2.22. The number of amides is 1. The van der Waals surface area contributed by atoms with Crippen LogP contribution in [0.15, 0.2) is 0 Å². The van der Waals surface area contributed by atoms with E-state index in [0.717, 1.165) is 25.7 Å². The van der Waals surface area contributed by atoms with E-state index in [-0.39, 0.29) is 31.3 Å². The van der Waals surface area contributed by atoms with Crippen molar-refractivity contribution >= 4 is 11.9 Å². The summed E-state index contributed by atoms with van der Waals surface area (Å²) in [5, 5.41) is 22.5. The Morgan fingerprint density at radius 1 is 1.37 bits per heavy atom. The molecule has 1 heterocycles. The smallest absolute Gasteiger partial charge is 0.303 e. The van der Waals surface area contributed by atoms with E-state index in [2.05, 4.69) is 20.8 Å². The van der Waals surface area contributed by atoms with E-state index in [9.17, 15) is 9.59 Å². The first kappa shape index (κ1) is 13.4. The Labute approximate surface area is 110 Å². The number of rotatable bonds is 6. The lowest BCUT2D eigenvalue weighted by Gasteiger charge is -2.11. The minimum absolute atomic E-state index is 0.0401. The van der Waals surface area contributed by atoms with Crippen LogP contribution in [-0.4, -0.2) is 43.2 Å². The van der Waals surface area contributed by atoms with Gasteiger partial charge in [0.1, 0.15) is 6.54 Å². The monoisotopic (exact) mass is 267 g/mol. The highest BCUT2D eigenvalue weighted by atomic mass is 16.4. The molecule has 1 aliphatic rings. The molecule has 1 aromatic heterocycles.